The number of ether oxygens (including phenoxy) is 1. The van der Waals surface area contributed by atoms with Crippen molar-refractivity contribution in [1.82, 2.24) is 0 Å². The Labute approximate surface area is 196 Å². The number of thioether (sulfide) groups is 1. The first kappa shape index (κ1) is 22.0. The van der Waals surface area contributed by atoms with E-state index in [0.29, 0.717) is 27.1 Å². The number of imide groups is 1. The molecule has 1 heterocycles. The highest BCUT2D eigenvalue weighted by atomic mass is 35.5. The second-order valence-electron chi connectivity index (χ2n) is 7.25. The topological polar surface area (TPSA) is 58.6 Å². The van der Waals surface area contributed by atoms with Crippen LogP contribution < -0.4 is 15.0 Å². The Balaban J connectivity index is 1.80. The van der Waals surface area contributed by atoms with Crippen LogP contribution in [0.15, 0.2) is 82.2 Å². The Morgan fingerprint density at radius 1 is 0.906 bits per heavy atom. The number of benzene rings is 3. The van der Waals surface area contributed by atoms with E-state index in [1.807, 2.05) is 50.2 Å². The molecule has 5 nitrogen and oxygen atoms in total. The third kappa shape index (κ3) is 4.11. The SMILES string of the molecule is COc1ccccc1NC1=C(Sc2ccc(Cl)cc2)C(=O)N(c2cccc(C)c2C)C1=O. The second kappa shape index (κ2) is 9.10. The molecule has 32 heavy (non-hydrogen) atoms. The van der Waals surface area contributed by atoms with E-state index in [4.69, 9.17) is 16.3 Å². The van der Waals surface area contributed by atoms with E-state index < -0.39 is 5.91 Å². The highest BCUT2D eigenvalue weighted by Crippen LogP contribution is 2.40. The average molecular weight is 465 g/mol. The molecule has 0 aromatic heterocycles. The van der Waals surface area contributed by atoms with Gasteiger partial charge in [-0.3, -0.25) is 9.59 Å². The minimum Gasteiger partial charge on any atom is -0.495 e. The van der Waals surface area contributed by atoms with Gasteiger partial charge in [0.2, 0.25) is 0 Å². The van der Waals surface area contributed by atoms with Gasteiger partial charge in [0, 0.05) is 9.92 Å². The minimum absolute atomic E-state index is 0.209. The molecule has 1 aliphatic heterocycles. The zero-order chi connectivity index (χ0) is 22.8. The molecule has 0 bridgehead atoms. The Bertz CT molecular complexity index is 1240. The van der Waals surface area contributed by atoms with Gasteiger partial charge in [-0.1, -0.05) is 47.6 Å². The summed E-state index contributed by atoms with van der Waals surface area (Å²) in [6.07, 6.45) is 0. The van der Waals surface area contributed by atoms with Gasteiger partial charge in [0.15, 0.2) is 0 Å². The molecule has 2 amide bonds. The molecule has 0 fully saturated rings. The van der Waals surface area contributed by atoms with Crippen molar-refractivity contribution >= 4 is 46.6 Å². The maximum Gasteiger partial charge on any atom is 0.283 e. The highest BCUT2D eigenvalue weighted by Gasteiger charge is 2.41. The summed E-state index contributed by atoms with van der Waals surface area (Å²) in [7, 11) is 1.56. The van der Waals surface area contributed by atoms with Crippen molar-refractivity contribution in [3.05, 3.63) is 93.5 Å². The van der Waals surface area contributed by atoms with Gasteiger partial charge in [0.1, 0.15) is 16.4 Å². The Morgan fingerprint density at radius 3 is 2.34 bits per heavy atom. The smallest absolute Gasteiger partial charge is 0.283 e. The molecule has 7 heteroatoms. The monoisotopic (exact) mass is 464 g/mol. The zero-order valence-corrected chi connectivity index (χ0v) is 19.4. The Kier molecular flexibility index (Phi) is 6.26. The summed E-state index contributed by atoms with van der Waals surface area (Å²) in [5, 5.41) is 3.75. The number of nitrogens with one attached hydrogen (secondary N) is 1. The van der Waals surface area contributed by atoms with E-state index in [-0.39, 0.29) is 11.6 Å². The zero-order valence-electron chi connectivity index (χ0n) is 17.8. The number of rotatable bonds is 6. The number of hydrogen-bond donors (Lipinski definition) is 1. The van der Waals surface area contributed by atoms with Crippen molar-refractivity contribution in [1.29, 1.82) is 0 Å². The fraction of sp³-hybridized carbons (Fsp3) is 0.120. The minimum atomic E-state index is -0.411. The quantitative estimate of drug-likeness (QED) is 0.456. The Morgan fingerprint density at radius 2 is 1.62 bits per heavy atom. The number of methoxy groups -OCH3 is 1. The molecular weight excluding hydrogens is 444 g/mol. The number of anilines is 2. The maximum atomic E-state index is 13.5. The lowest BCUT2D eigenvalue weighted by atomic mass is 10.1. The number of para-hydroxylation sites is 2. The van der Waals surface area contributed by atoms with Crippen molar-refractivity contribution in [2.75, 3.05) is 17.3 Å². The number of carbonyl (C=O) groups excluding carboxylic acids is 2. The molecule has 1 aliphatic rings. The molecule has 162 valence electrons. The van der Waals surface area contributed by atoms with Crippen LogP contribution >= 0.6 is 23.4 Å². The molecule has 3 aromatic rings. The molecule has 0 aliphatic carbocycles. The van der Waals surface area contributed by atoms with Gasteiger partial charge in [0.25, 0.3) is 11.8 Å². The van der Waals surface area contributed by atoms with Crippen LogP contribution in [0.25, 0.3) is 0 Å². The van der Waals surface area contributed by atoms with Gasteiger partial charge < -0.3 is 10.1 Å². The molecule has 1 N–H and O–H groups in total. The molecule has 0 saturated carbocycles. The first-order valence-electron chi connectivity index (χ1n) is 9.93. The van der Waals surface area contributed by atoms with Crippen LogP contribution in [0, 0.1) is 13.8 Å². The summed E-state index contributed by atoms with van der Waals surface area (Å²) in [4.78, 5) is 29.4. The van der Waals surface area contributed by atoms with Crippen LogP contribution in [0.3, 0.4) is 0 Å². The first-order chi connectivity index (χ1) is 15.4. The van der Waals surface area contributed by atoms with E-state index in [1.165, 1.54) is 16.7 Å². The molecule has 3 aromatic carbocycles. The lowest BCUT2D eigenvalue weighted by molar-refractivity contribution is -0.120. The molecule has 0 spiro atoms. The number of carbonyl (C=O) groups is 2. The van der Waals surface area contributed by atoms with Crippen molar-refractivity contribution in [3.63, 3.8) is 0 Å². The summed E-state index contributed by atoms with van der Waals surface area (Å²) in [5.41, 5.74) is 3.26. The summed E-state index contributed by atoms with van der Waals surface area (Å²) in [5.74, 6) is -0.214. The third-order valence-electron chi connectivity index (χ3n) is 5.26. The summed E-state index contributed by atoms with van der Waals surface area (Å²) in [6.45, 7) is 3.86. The lowest BCUT2D eigenvalue weighted by Crippen LogP contribution is -2.33. The largest absolute Gasteiger partial charge is 0.495 e. The number of halogens is 1. The molecule has 0 radical (unpaired) electrons. The van der Waals surface area contributed by atoms with E-state index >= 15 is 0 Å². The highest BCUT2D eigenvalue weighted by molar-refractivity contribution is 8.04. The van der Waals surface area contributed by atoms with Crippen LogP contribution in [-0.4, -0.2) is 18.9 Å². The average Bonchev–Trinajstić information content (AvgIpc) is 3.01. The summed E-state index contributed by atoms with van der Waals surface area (Å²) in [6, 6.07) is 20.0. The maximum absolute atomic E-state index is 13.5. The molecule has 0 unspecified atom stereocenters. The number of aryl methyl sites for hydroxylation is 1. The van der Waals surface area contributed by atoms with Crippen LogP contribution in [0.4, 0.5) is 11.4 Å². The van der Waals surface area contributed by atoms with Gasteiger partial charge in [-0.15, -0.1) is 0 Å². The molecule has 0 saturated heterocycles. The number of hydrogen-bond acceptors (Lipinski definition) is 5. The fourth-order valence-electron chi connectivity index (χ4n) is 3.41. The van der Waals surface area contributed by atoms with Crippen molar-refractivity contribution < 1.29 is 14.3 Å². The van der Waals surface area contributed by atoms with Crippen LogP contribution in [0.1, 0.15) is 11.1 Å². The van der Waals surface area contributed by atoms with E-state index in [1.54, 1.807) is 37.4 Å². The van der Waals surface area contributed by atoms with Crippen molar-refractivity contribution in [3.8, 4) is 5.75 Å². The van der Waals surface area contributed by atoms with Gasteiger partial charge in [0.05, 0.1) is 18.5 Å². The van der Waals surface area contributed by atoms with Crippen molar-refractivity contribution in [2.24, 2.45) is 0 Å². The van der Waals surface area contributed by atoms with E-state index in [2.05, 4.69) is 5.32 Å². The van der Waals surface area contributed by atoms with Crippen LogP contribution in [0.2, 0.25) is 5.02 Å². The molecular formula is C25H21ClN2O3S. The van der Waals surface area contributed by atoms with Crippen molar-refractivity contribution in [2.45, 2.75) is 18.7 Å². The standard InChI is InChI=1S/C25H21ClN2O3S/c1-15-7-6-9-20(16(15)2)28-24(29)22(27-19-8-4-5-10-21(19)31-3)23(25(28)30)32-18-13-11-17(26)12-14-18/h4-14,27H,1-3H3. The number of amides is 2. The summed E-state index contributed by atoms with van der Waals surface area (Å²) < 4.78 is 5.41. The molecule has 0 atom stereocenters. The second-order valence-corrected chi connectivity index (χ2v) is 8.77. The summed E-state index contributed by atoms with van der Waals surface area (Å²) >= 11 is 7.23. The van der Waals surface area contributed by atoms with E-state index in [9.17, 15) is 9.59 Å². The van der Waals surface area contributed by atoms with E-state index in [0.717, 1.165) is 16.0 Å². The predicted octanol–water partition coefficient (Wildman–Crippen LogP) is 5.95. The molecule has 4 rings (SSSR count). The van der Waals surface area contributed by atoms with Gasteiger partial charge in [-0.25, -0.2) is 4.90 Å². The van der Waals surface area contributed by atoms with Crippen LogP contribution in [-0.2, 0) is 9.59 Å². The predicted molar refractivity (Wildman–Crippen MR) is 129 cm³/mol. The fourth-order valence-corrected chi connectivity index (χ4v) is 4.47. The first-order valence-corrected chi connectivity index (χ1v) is 11.1. The third-order valence-corrected chi connectivity index (χ3v) is 6.60. The Hall–Kier alpha value is -3.22. The van der Waals surface area contributed by atoms with Crippen LogP contribution in [0.5, 0.6) is 5.75 Å². The lowest BCUT2D eigenvalue weighted by Gasteiger charge is -2.19. The number of nitrogens with zero attached hydrogens (tertiary/aromatic N) is 1. The van der Waals surface area contributed by atoms with Gasteiger partial charge in [-0.05, 0) is 67.4 Å². The van der Waals surface area contributed by atoms with Gasteiger partial charge in [-0.2, -0.15) is 0 Å². The normalized spacial score (nSPS) is 13.7. The van der Waals surface area contributed by atoms with Gasteiger partial charge >= 0.3 is 0 Å².